The first-order chi connectivity index (χ1) is 8.66. The molecular weight excluding hydrogens is 269 g/mol. The van der Waals surface area contributed by atoms with Crippen LogP contribution >= 0.6 is 23.2 Å². The second kappa shape index (κ2) is 5.98. The Hall–Kier alpha value is -1.38. The van der Waals surface area contributed by atoms with Crippen molar-refractivity contribution in [3.8, 4) is 0 Å². The van der Waals surface area contributed by atoms with Gasteiger partial charge in [-0.15, -0.1) is 0 Å². The van der Waals surface area contributed by atoms with E-state index in [9.17, 15) is 4.79 Å². The summed E-state index contributed by atoms with van der Waals surface area (Å²) >= 11 is 11.9. The molecule has 2 aromatic rings. The standard InChI is InChI=1S/C14H11Cl2NO/c15-13-6-3-4-10(14(13)16)8-12(18)9-11-5-1-2-7-17-11/h1-7H,8-9H2. The number of hydrogen-bond donors (Lipinski definition) is 0. The summed E-state index contributed by atoms with van der Waals surface area (Å²) < 4.78 is 0. The maximum Gasteiger partial charge on any atom is 0.143 e. The summed E-state index contributed by atoms with van der Waals surface area (Å²) in [6.45, 7) is 0. The minimum absolute atomic E-state index is 0.0675. The zero-order chi connectivity index (χ0) is 13.0. The van der Waals surface area contributed by atoms with Crippen molar-refractivity contribution < 1.29 is 4.79 Å². The maximum absolute atomic E-state index is 11.9. The molecule has 92 valence electrons. The second-order valence-electron chi connectivity index (χ2n) is 3.93. The summed E-state index contributed by atoms with van der Waals surface area (Å²) in [4.78, 5) is 16.0. The van der Waals surface area contributed by atoms with Crippen LogP contribution in [-0.2, 0) is 17.6 Å². The van der Waals surface area contributed by atoms with Gasteiger partial charge in [0.15, 0.2) is 0 Å². The molecule has 0 N–H and O–H groups in total. The summed E-state index contributed by atoms with van der Waals surface area (Å²) in [6.07, 6.45) is 2.26. The zero-order valence-corrected chi connectivity index (χ0v) is 11.1. The fourth-order valence-corrected chi connectivity index (χ4v) is 2.05. The van der Waals surface area contributed by atoms with E-state index >= 15 is 0 Å². The number of ketones is 1. The molecule has 0 amide bonds. The highest BCUT2D eigenvalue weighted by molar-refractivity contribution is 6.42. The molecule has 0 saturated heterocycles. The molecule has 0 unspecified atom stereocenters. The maximum atomic E-state index is 11.9. The molecular formula is C14H11Cl2NO. The number of nitrogens with zero attached hydrogens (tertiary/aromatic N) is 1. The summed E-state index contributed by atoms with van der Waals surface area (Å²) in [7, 11) is 0. The van der Waals surface area contributed by atoms with Gasteiger partial charge in [0.2, 0.25) is 0 Å². The normalized spacial score (nSPS) is 10.3. The van der Waals surface area contributed by atoms with Gasteiger partial charge < -0.3 is 0 Å². The van der Waals surface area contributed by atoms with E-state index in [1.165, 1.54) is 0 Å². The molecule has 18 heavy (non-hydrogen) atoms. The number of hydrogen-bond acceptors (Lipinski definition) is 2. The smallest absolute Gasteiger partial charge is 0.143 e. The fourth-order valence-electron chi connectivity index (χ4n) is 1.66. The Morgan fingerprint density at radius 2 is 1.89 bits per heavy atom. The van der Waals surface area contributed by atoms with Gasteiger partial charge in [-0.25, -0.2) is 0 Å². The van der Waals surface area contributed by atoms with E-state index in [1.54, 1.807) is 18.3 Å². The van der Waals surface area contributed by atoms with Gasteiger partial charge in [-0.2, -0.15) is 0 Å². The number of pyridine rings is 1. The van der Waals surface area contributed by atoms with Gasteiger partial charge in [-0.1, -0.05) is 41.4 Å². The lowest BCUT2D eigenvalue weighted by atomic mass is 10.1. The monoisotopic (exact) mass is 279 g/mol. The van der Waals surface area contributed by atoms with Crippen LogP contribution in [0.4, 0.5) is 0 Å². The SMILES string of the molecule is O=C(Cc1ccccn1)Cc1cccc(Cl)c1Cl. The number of benzene rings is 1. The minimum Gasteiger partial charge on any atom is -0.299 e. The highest BCUT2D eigenvalue weighted by Gasteiger charge is 2.10. The molecule has 0 atom stereocenters. The Morgan fingerprint density at radius 3 is 2.61 bits per heavy atom. The number of halogens is 2. The van der Waals surface area contributed by atoms with E-state index in [4.69, 9.17) is 23.2 Å². The third-order valence-corrected chi connectivity index (χ3v) is 3.38. The topological polar surface area (TPSA) is 30.0 Å². The van der Waals surface area contributed by atoms with Gasteiger partial charge in [-0.05, 0) is 23.8 Å². The molecule has 0 aliphatic rings. The Balaban J connectivity index is 2.06. The second-order valence-corrected chi connectivity index (χ2v) is 4.71. The zero-order valence-electron chi connectivity index (χ0n) is 9.57. The van der Waals surface area contributed by atoms with Crippen LogP contribution < -0.4 is 0 Å². The minimum atomic E-state index is 0.0675. The van der Waals surface area contributed by atoms with Crippen molar-refractivity contribution in [3.63, 3.8) is 0 Å². The third-order valence-electron chi connectivity index (χ3n) is 2.52. The van der Waals surface area contributed by atoms with Crippen LogP contribution in [0.25, 0.3) is 0 Å². The van der Waals surface area contributed by atoms with E-state index < -0.39 is 0 Å². The van der Waals surface area contributed by atoms with E-state index in [1.807, 2.05) is 24.3 Å². The Kier molecular flexibility index (Phi) is 4.34. The number of rotatable bonds is 4. The Morgan fingerprint density at radius 1 is 1.06 bits per heavy atom. The average molecular weight is 280 g/mol. The lowest BCUT2D eigenvalue weighted by molar-refractivity contribution is -0.117. The fraction of sp³-hybridized carbons (Fsp3) is 0.143. The van der Waals surface area contributed by atoms with Crippen LogP contribution in [0, 0.1) is 0 Å². The number of carbonyl (C=O) groups excluding carboxylic acids is 1. The van der Waals surface area contributed by atoms with Crippen LogP contribution in [0.1, 0.15) is 11.3 Å². The van der Waals surface area contributed by atoms with E-state index in [0.29, 0.717) is 16.5 Å². The molecule has 2 rings (SSSR count). The van der Waals surface area contributed by atoms with E-state index in [0.717, 1.165) is 11.3 Å². The first-order valence-electron chi connectivity index (χ1n) is 5.51. The molecule has 0 saturated carbocycles. The highest BCUT2D eigenvalue weighted by atomic mass is 35.5. The van der Waals surface area contributed by atoms with Crippen molar-refractivity contribution in [2.24, 2.45) is 0 Å². The van der Waals surface area contributed by atoms with Gasteiger partial charge in [0.05, 0.1) is 10.0 Å². The van der Waals surface area contributed by atoms with Gasteiger partial charge in [0, 0.05) is 24.7 Å². The van der Waals surface area contributed by atoms with Crippen molar-refractivity contribution in [1.82, 2.24) is 4.98 Å². The number of carbonyl (C=O) groups is 1. The molecule has 2 nitrogen and oxygen atoms in total. The lowest BCUT2D eigenvalue weighted by Gasteiger charge is -2.05. The van der Waals surface area contributed by atoms with Gasteiger partial charge in [0.25, 0.3) is 0 Å². The first-order valence-corrected chi connectivity index (χ1v) is 6.27. The van der Waals surface area contributed by atoms with Crippen LogP contribution in [0.3, 0.4) is 0 Å². The van der Waals surface area contributed by atoms with Gasteiger partial charge in [0.1, 0.15) is 5.78 Å². The predicted octanol–water partition coefficient (Wildman–Crippen LogP) is 3.74. The van der Waals surface area contributed by atoms with Crippen molar-refractivity contribution in [1.29, 1.82) is 0 Å². The van der Waals surface area contributed by atoms with E-state index in [-0.39, 0.29) is 12.2 Å². The third kappa shape index (κ3) is 3.31. The predicted molar refractivity (Wildman–Crippen MR) is 73.1 cm³/mol. The molecule has 0 spiro atoms. The summed E-state index contributed by atoms with van der Waals surface area (Å²) in [5.74, 6) is 0.0675. The molecule has 1 aromatic heterocycles. The lowest BCUT2D eigenvalue weighted by Crippen LogP contribution is -2.08. The number of Topliss-reactive ketones (excluding diaryl/α,β-unsaturated/α-hetero) is 1. The molecule has 1 aromatic carbocycles. The largest absolute Gasteiger partial charge is 0.299 e. The molecule has 0 fully saturated rings. The Bertz CT molecular complexity index is 555. The molecule has 0 aliphatic heterocycles. The highest BCUT2D eigenvalue weighted by Crippen LogP contribution is 2.26. The summed E-state index contributed by atoms with van der Waals surface area (Å²) in [5, 5.41) is 0.924. The average Bonchev–Trinajstić information content (AvgIpc) is 2.36. The van der Waals surface area contributed by atoms with Crippen LogP contribution in [0.2, 0.25) is 10.0 Å². The van der Waals surface area contributed by atoms with Crippen molar-refractivity contribution in [2.75, 3.05) is 0 Å². The quantitative estimate of drug-likeness (QED) is 0.853. The molecule has 0 bridgehead atoms. The molecule has 1 heterocycles. The van der Waals surface area contributed by atoms with Crippen LogP contribution in [0.5, 0.6) is 0 Å². The van der Waals surface area contributed by atoms with Crippen LogP contribution in [0.15, 0.2) is 42.6 Å². The molecule has 4 heteroatoms. The van der Waals surface area contributed by atoms with Crippen molar-refractivity contribution in [2.45, 2.75) is 12.8 Å². The van der Waals surface area contributed by atoms with Crippen molar-refractivity contribution >= 4 is 29.0 Å². The van der Waals surface area contributed by atoms with E-state index in [2.05, 4.69) is 4.98 Å². The van der Waals surface area contributed by atoms with Crippen LogP contribution in [-0.4, -0.2) is 10.8 Å². The first kappa shape index (κ1) is 13.1. The summed E-state index contributed by atoms with van der Waals surface area (Å²) in [5.41, 5.74) is 1.52. The molecule has 0 radical (unpaired) electrons. The molecule has 0 aliphatic carbocycles. The van der Waals surface area contributed by atoms with Gasteiger partial charge in [-0.3, -0.25) is 9.78 Å². The van der Waals surface area contributed by atoms with Crippen molar-refractivity contribution in [3.05, 3.63) is 63.9 Å². The van der Waals surface area contributed by atoms with Gasteiger partial charge >= 0.3 is 0 Å². The number of aromatic nitrogens is 1. The Labute approximate surface area is 116 Å². The summed E-state index contributed by atoms with van der Waals surface area (Å²) in [6, 6.07) is 10.8.